The van der Waals surface area contributed by atoms with Gasteiger partial charge in [0.25, 0.3) is 0 Å². The lowest BCUT2D eigenvalue weighted by molar-refractivity contribution is -0.141. The van der Waals surface area contributed by atoms with Gasteiger partial charge in [-0.05, 0) is 54.1 Å². The number of halogens is 3. The van der Waals surface area contributed by atoms with Crippen LogP contribution in [0, 0.1) is 0 Å². The highest BCUT2D eigenvalue weighted by atomic mass is 35.5. The summed E-state index contributed by atoms with van der Waals surface area (Å²) in [4.78, 5) is 29.2. The molecule has 4 nitrogen and oxygen atoms in total. The Morgan fingerprint density at radius 1 is 0.914 bits per heavy atom. The van der Waals surface area contributed by atoms with Crippen molar-refractivity contribution in [2.45, 2.75) is 36.7 Å². The van der Waals surface area contributed by atoms with E-state index >= 15 is 0 Å². The van der Waals surface area contributed by atoms with E-state index in [2.05, 4.69) is 5.32 Å². The van der Waals surface area contributed by atoms with E-state index in [-0.39, 0.29) is 18.4 Å². The van der Waals surface area contributed by atoms with E-state index in [9.17, 15) is 9.59 Å². The molecule has 0 aliphatic heterocycles. The molecule has 0 fully saturated rings. The fourth-order valence-corrected chi connectivity index (χ4v) is 5.16. The van der Waals surface area contributed by atoms with E-state index in [0.717, 1.165) is 16.2 Å². The molecule has 0 saturated heterocycles. The standard InChI is InChI=1S/C27H27Cl3N2O2S/c1-31-27(34)25(17-19-7-3-2-4-8-19)32(18-22-23(29)9-5-10-24(22)30)26(33)11-6-16-35-21-14-12-20(28)13-15-21/h2-5,7-10,12-15,25H,6,11,16-18H2,1H3,(H,31,34). The number of nitrogens with one attached hydrogen (secondary N) is 1. The third-order valence-electron chi connectivity index (χ3n) is 5.52. The molecular formula is C27H27Cl3N2O2S. The maximum atomic E-state index is 13.5. The van der Waals surface area contributed by atoms with Gasteiger partial charge < -0.3 is 10.2 Å². The lowest BCUT2D eigenvalue weighted by Gasteiger charge is -2.31. The van der Waals surface area contributed by atoms with E-state index in [1.54, 1.807) is 41.9 Å². The van der Waals surface area contributed by atoms with Gasteiger partial charge in [-0.25, -0.2) is 0 Å². The molecule has 35 heavy (non-hydrogen) atoms. The van der Waals surface area contributed by atoms with Gasteiger partial charge in [-0.3, -0.25) is 9.59 Å². The Kier molecular flexibility index (Phi) is 10.8. The molecule has 3 aromatic carbocycles. The molecule has 0 heterocycles. The molecule has 1 atom stereocenters. The van der Waals surface area contributed by atoms with E-state index in [0.29, 0.717) is 39.9 Å². The van der Waals surface area contributed by atoms with E-state index in [1.165, 1.54) is 0 Å². The van der Waals surface area contributed by atoms with Crippen LogP contribution >= 0.6 is 46.6 Å². The van der Waals surface area contributed by atoms with Crippen LogP contribution in [0.3, 0.4) is 0 Å². The number of rotatable bonds is 11. The lowest BCUT2D eigenvalue weighted by atomic mass is 10.0. The van der Waals surface area contributed by atoms with Crippen molar-refractivity contribution in [3.8, 4) is 0 Å². The van der Waals surface area contributed by atoms with E-state index in [4.69, 9.17) is 34.8 Å². The molecule has 0 bridgehead atoms. The number of carbonyl (C=O) groups is 2. The minimum Gasteiger partial charge on any atom is -0.357 e. The van der Waals surface area contributed by atoms with Crippen LogP contribution in [0.15, 0.2) is 77.7 Å². The minimum atomic E-state index is -0.703. The predicted molar refractivity (Wildman–Crippen MR) is 146 cm³/mol. The second kappa shape index (κ2) is 13.8. The van der Waals surface area contributed by atoms with Gasteiger partial charge in [-0.1, -0.05) is 71.2 Å². The molecule has 1 N–H and O–H groups in total. The molecule has 0 spiro atoms. The van der Waals surface area contributed by atoms with Crippen LogP contribution in [0.1, 0.15) is 24.0 Å². The molecule has 1 unspecified atom stereocenters. The quantitative estimate of drug-likeness (QED) is 0.209. The SMILES string of the molecule is CNC(=O)C(Cc1ccccc1)N(Cc1c(Cl)cccc1Cl)C(=O)CCCSc1ccc(Cl)cc1. The van der Waals surface area contributed by atoms with Gasteiger partial charge in [-0.2, -0.15) is 0 Å². The number of benzene rings is 3. The van der Waals surface area contributed by atoms with Crippen molar-refractivity contribution >= 4 is 58.4 Å². The molecule has 0 aromatic heterocycles. The number of amides is 2. The highest BCUT2D eigenvalue weighted by Crippen LogP contribution is 2.28. The van der Waals surface area contributed by atoms with Crippen LogP contribution in [0.2, 0.25) is 15.1 Å². The molecule has 3 rings (SSSR count). The predicted octanol–water partition coefficient (Wildman–Crippen LogP) is 6.91. The summed E-state index contributed by atoms with van der Waals surface area (Å²) in [6.45, 7) is 0.145. The van der Waals surface area contributed by atoms with Gasteiger partial charge in [0.2, 0.25) is 11.8 Å². The highest BCUT2D eigenvalue weighted by Gasteiger charge is 2.30. The Balaban J connectivity index is 1.79. The Bertz CT molecular complexity index is 1110. The average molecular weight is 550 g/mol. The van der Waals surface area contributed by atoms with E-state index < -0.39 is 6.04 Å². The van der Waals surface area contributed by atoms with Crippen molar-refractivity contribution in [3.63, 3.8) is 0 Å². The molecule has 0 saturated carbocycles. The van der Waals surface area contributed by atoms with Gasteiger partial charge in [0.1, 0.15) is 6.04 Å². The van der Waals surface area contributed by atoms with Gasteiger partial charge in [0, 0.05) is 52.0 Å². The number of nitrogens with zero attached hydrogens (tertiary/aromatic N) is 1. The molecule has 2 amide bonds. The topological polar surface area (TPSA) is 49.4 Å². The van der Waals surface area contributed by atoms with Crippen molar-refractivity contribution in [2.75, 3.05) is 12.8 Å². The summed E-state index contributed by atoms with van der Waals surface area (Å²) in [6.07, 6.45) is 1.34. The van der Waals surface area contributed by atoms with Crippen LogP contribution in [0.25, 0.3) is 0 Å². The first-order valence-corrected chi connectivity index (χ1v) is 13.4. The van der Waals surface area contributed by atoms with Crippen LogP contribution < -0.4 is 5.32 Å². The Morgan fingerprint density at radius 3 is 2.20 bits per heavy atom. The number of thioether (sulfide) groups is 1. The van der Waals surface area contributed by atoms with Crippen LogP contribution in [0.4, 0.5) is 0 Å². The van der Waals surface area contributed by atoms with Crippen LogP contribution in [0.5, 0.6) is 0 Å². The molecule has 0 aliphatic carbocycles. The molecule has 3 aromatic rings. The van der Waals surface area contributed by atoms with Gasteiger partial charge >= 0.3 is 0 Å². The summed E-state index contributed by atoms with van der Waals surface area (Å²) < 4.78 is 0. The van der Waals surface area contributed by atoms with Crippen molar-refractivity contribution < 1.29 is 9.59 Å². The second-order valence-electron chi connectivity index (χ2n) is 7.95. The largest absolute Gasteiger partial charge is 0.357 e. The average Bonchev–Trinajstić information content (AvgIpc) is 2.86. The number of likely N-dealkylation sites (N-methyl/N-ethyl adjacent to an activating group) is 1. The number of carbonyl (C=O) groups excluding carboxylic acids is 2. The summed E-state index contributed by atoms with van der Waals surface area (Å²) in [7, 11) is 1.58. The maximum absolute atomic E-state index is 13.5. The molecule has 0 aliphatic rings. The zero-order chi connectivity index (χ0) is 25.2. The van der Waals surface area contributed by atoms with Gasteiger partial charge in [0.15, 0.2) is 0 Å². The fourth-order valence-electron chi connectivity index (χ4n) is 3.66. The molecule has 184 valence electrons. The fraction of sp³-hybridized carbons (Fsp3) is 0.259. The summed E-state index contributed by atoms with van der Waals surface area (Å²) in [5, 5.41) is 4.33. The zero-order valence-corrected chi connectivity index (χ0v) is 22.4. The first kappa shape index (κ1) is 27.4. The van der Waals surface area contributed by atoms with Crippen molar-refractivity contribution in [2.24, 2.45) is 0 Å². The maximum Gasteiger partial charge on any atom is 0.242 e. The number of hydrogen-bond donors (Lipinski definition) is 1. The summed E-state index contributed by atoms with van der Waals surface area (Å²) in [5.74, 6) is 0.403. The first-order valence-electron chi connectivity index (χ1n) is 11.2. The monoisotopic (exact) mass is 548 g/mol. The zero-order valence-electron chi connectivity index (χ0n) is 19.3. The van der Waals surface area contributed by atoms with Crippen molar-refractivity contribution in [3.05, 3.63) is 99.0 Å². The van der Waals surface area contributed by atoms with E-state index in [1.807, 2.05) is 54.6 Å². The molecular weight excluding hydrogens is 523 g/mol. The Morgan fingerprint density at radius 2 is 1.57 bits per heavy atom. The third-order valence-corrected chi connectivity index (χ3v) is 7.58. The lowest BCUT2D eigenvalue weighted by Crippen LogP contribution is -2.49. The smallest absolute Gasteiger partial charge is 0.242 e. The summed E-state index contributed by atoms with van der Waals surface area (Å²) in [5.41, 5.74) is 1.59. The van der Waals surface area contributed by atoms with Crippen LogP contribution in [-0.2, 0) is 22.6 Å². The normalized spacial score (nSPS) is 11.7. The van der Waals surface area contributed by atoms with Gasteiger partial charge in [-0.15, -0.1) is 11.8 Å². The molecule has 0 radical (unpaired) electrons. The third kappa shape index (κ3) is 8.18. The van der Waals surface area contributed by atoms with Crippen molar-refractivity contribution in [1.82, 2.24) is 10.2 Å². The summed E-state index contributed by atoms with van der Waals surface area (Å²) in [6, 6.07) is 21.8. The number of hydrogen-bond acceptors (Lipinski definition) is 3. The first-order chi connectivity index (χ1) is 16.9. The Hall–Kier alpha value is -2.18. The minimum absolute atomic E-state index is 0.123. The highest BCUT2D eigenvalue weighted by molar-refractivity contribution is 7.99. The molecule has 8 heteroatoms. The van der Waals surface area contributed by atoms with Crippen molar-refractivity contribution in [1.29, 1.82) is 0 Å². The van der Waals surface area contributed by atoms with Crippen LogP contribution in [-0.4, -0.2) is 35.6 Å². The second-order valence-corrected chi connectivity index (χ2v) is 10.4. The summed E-state index contributed by atoms with van der Waals surface area (Å²) >= 11 is 20.5. The Labute approximate surface area is 225 Å². The van der Waals surface area contributed by atoms with Gasteiger partial charge in [0.05, 0.1) is 0 Å².